The second-order valence-electron chi connectivity index (χ2n) is 4.42. The molecular weight excluding hydrogens is 236 g/mol. The van der Waals surface area contributed by atoms with Crippen molar-refractivity contribution in [1.29, 1.82) is 0 Å². The van der Waals surface area contributed by atoms with Gasteiger partial charge in [0.05, 0.1) is 6.21 Å². The number of aryl methyl sites for hydroxylation is 2. The third-order valence-corrected chi connectivity index (χ3v) is 3.09. The smallest absolute Gasteiger partial charge is 0.151 e. The van der Waals surface area contributed by atoms with E-state index >= 15 is 0 Å². The van der Waals surface area contributed by atoms with E-state index in [0.29, 0.717) is 0 Å². The summed E-state index contributed by atoms with van der Waals surface area (Å²) in [5, 5.41) is 14.8. The molecule has 3 aromatic rings. The van der Waals surface area contributed by atoms with Gasteiger partial charge in [-0.3, -0.25) is 0 Å². The fourth-order valence-corrected chi connectivity index (χ4v) is 2.11. The summed E-state index contributed by atoms with van der Waals surface area (Å²) in [6, 6.07) is 14.5. The molecule has 1 aromatic heterocycles. The second-order valence-corrected chi connectivity index (χ2v) is 4.42. The minimum absolute atomic E-state index is 0.786. The Kier molecular flexibility index (Phi) is 2.83. The predicted molar refractivity (Wildman–Crippen MR) is 76.4 cm³/mol. The zero-order valence-electron chi connectivity index (χ0n) is 10.9. The van der Waals surface area contributed by atoms with Gasteiger partial charge in [0.2, 0.25) is 0 Å². The van der Waals surface area contributed by atoms with Crippen LogP contribution in [0.3, 0.4) is 0 Å². The summed E-state index contributed by atoms with van der Waals surface area (Å²) in [6.07, 6.45) is 1.85. The molecule has 0 aliphatic carbocycles. The largest absolute Gasteiger partial charge is 0.202 e. The summed E-state index contributed by atoms with van der Waals surface area (Å²) in [4.78, 5) is 0. The first-order chi connectivity index (χ1) is 9.25. The van der Waals surface area contributed by atoms with Crippen LogP contribution in [0.5, 0.6) is 0 Å². The highest BCUT2D eigenvalue weighted by Gasteiger charge is 2.02. The van der Waals surface area contributed by atoms with E-state index in [1.807, 2.05) is 38.3 Å². The minimum Gasteiger partial charge on any atom is -0.202 e. The first-order valence-electron chi connectivity index (χ1n) is 6.16. The Labute approximate surface area is 111 Å². The molecule has 0 amide bonds. The topological polar surface area (TPSA) is 43.1 Å². The van der Waals surface area contributed by atoms with Crippen LogP contribution in [0.1, 0.15) is 17.2 Å². The van der Waals surface area contributed by atoms with Gasteiger partial charge < -0.3 is 0 Å². The van der Waals surface area contributed by atoms with E-state index in [1.54, 1.807) is 4.68 Å². The number of aromatic nitrogens is 3. The molecule has 1 heterocycles. The standard InChI is InChI=1S/C15H14N4/c1-11-17-18-12(2)19(11)16-10-14-8-5-7-13-6-3-4-9-15(13)14/h3-10H,1-2H3. The van der Waals surface area contributed by atoms with Gasteiger partial charge in [0.1, 0.15) is 0 Å². The molecule has 4 heteroatoms. The molecule has 94 valence electrons. The summed E-state index contributed by atoms with van der Waals surface area (Å²) in [7, 11) is 0. The Balaban J connectivity index is 2.07. The lowest BCUT2D eigenvalue weighted by molar-refractivity contribution is 0.799. The summed E-state index contributed by atoms with van der Waals surface area (Å²) < 4.78 is 1.74. The van der Waals surface area contributed by atoms with Gasteiger partial charge in [-0.05, 0) is 24.6 Å². The summed E-state index contributed by atoms with van der Waals surface area (Å²) in [5.41, 5.74) is 1.09. The average Bonchev–Trinajstić information content (AvgIpc) is 2.76. The predicted octanol–water partition coefficient (Wildman–Crippen LogP) is 2.93. The van der Waals surface area contributed by atoms with Crippen LogP contribution in [-0.2, 0) is 0 Å². The summed E-state index contributed by atoms with van der Waals surface area (Å²) in [6.45, 7) is 3.78. The van der Waals surface area contributed by atoms with Gasteiger partial charge in [-0.1, -0.05) is 42.5 Å². The van der Waals surface area contributed by atoms with E-state index in [-0.39, 0.29) is 0 Å². The molecule has 0 aliphatic rings. The molecule has 0 atom stereocenters. The molecular formula is C15H14N4. The number of rotatable bonds is 2. The van der Waals surface area contributed by atoms with Crippen LogP contribution in [0.4, 0.5) is 0 Å². The van der Waals surface area contributed by atoms with Gasteiger partial charge in [0.15, 0.2) is 11.6 Å². The maximum absolute atomic E-state index is 4.45. The normalized spacial score (nSPS) is 11.5. The van der Waals surface area contributed by atoms with Crippen LogP contribution in [0, 0.1) is 13.8 Å². The maximum atomic E-state index is 4.45. The number of fused-ring (bicyclic) bond motifs is 1. The molecule has 0 aliphatic heterocycles. The molecule has 0 saturated carbocycles. The first-order valence-corrected chi connectivity index (χ1v) is 6.16. The lowest BCUT2D eigenvalue weighted by Crippen LogP contribution is -1.96. The van der Waals surface area contributed by atoms with Crippen LogP contribution in [-0.4, -0.2) is 21.1 Å². The van der Waals surface area contributed by atoms with Crippen molar-refractivity contribution in [2.75, 3.05) is 0 Å². The molecule has 2 aromatic carbocycles. The number of hydrogen-bond acceptors (Lipinski definition) is 3. The van der Waals surface area contributed by atoms with Gasteiger partial charge in [0, 0.05) is 5.56 Å². The zero-order chi connectivity index (χ0) is 13.2. The van der Waals surface area contributed by atoms with Crippen LogP contribution in [0.15, 0.2) is 47.6 Å². The zero-order valence-corrected chi connectivity index (χ0v) is 10.9. The monoisotopic (exact) mass is 250 g/mol. The summed E-state index contributed by atoms with van der Waals surface area (Å²) in [5.74, 6) is 1.57. The molecule has 0 spiro atoms. The fourth-order valence-electron chi connectivity index (χ4n) is 2.11. The molecule has 0 fully saturated rings. The number of nitrogens with zero attached hydrogens (tertiary/aromatic N) is 4. The Morgan fingerprint density at radius 3 is 2.42 bits per heavy atom. The van der Waals surface area contributed by atoms with E-state index in [0.717, 1.165) is 17.2 Å². The lowest BCUT2D eigenvalue weighted by atomic mass is 10.1. The molecule has 19 heavy (non-hydrogen) atoms. The molecule has 3 rings (SSSR count). The number of benzene rings is 2. The molecule has 0 unspecified atom stereocenters. The van der Waals surface area contributed by atoms with Gasteiger partial charge in [-0.25, -0.2) is 4.68 Å². The molecule has 0 radical (unpaired) electrons. The van der Waals surface area contributed by atoms with Crippen LogP contribution in [0.2, 0.25) is 0 Å². The Hall–Kier alpha value is -2.49. The van der Waals surface area contributed by atoms with Crippen molar-refractivity contribution in [3.63, 3.8) is 0 Å². The van der Waals surface area contributed by atoms with E-state index in [2.05, 4.69) is 39.6 Å². The van der Waals surface area contributed by atoms with Gasteiger partial charge in [0.25, 0.3) is 0 Å². The van der Waals surface area contributed by atoms with Crippen molar-refractivity contribution in [2.45, 2.75) is 13.8 Å². The van der Waals surface area contributed by atoms with E-state index in [1.165, 1.54) is 10.8 Å². The highest BCUT2D eigenvalue weighted by Crippen LogP contribution is 2.17. The van der Waals surface area contributed by atoms with Crippen molar-refractivity contribution in [2.24, 2.45) is 5.10 Å². The second kappa shape index (κ2) is 4.65. The third-order valence-electron chi connectivity index (χ3n) is 3.09. The molecule has 0 saturated heterocycles. The Morgan fingerprint density at radius 2 is 1.63 bits per heavy atom. The van der Waals surface area contributed by atoms with E-state index < -0.39 is 0 Å². The Bertz CT molecular complexity index is 731. The van der Waals surface area contributed by atoms with Crippen LogP contribution >= 0.6 is 0 Å². The van der Waals surface area contributed by atoms with Crippen molar-refractivity contribution in [3.8, 4) is 0 Å². The van der Waals surface area contributed by atoms with Crippen molar-refractivity contribution in [1.82, 2.24) is 14.9 Å². The van der Waals surface area contributed by atoms with Crippen molar-refractivity contribution >= 4 is 17.0 Å². The molecule has 4 nitrogen and oxygen atoms in total. The lowest BCUT2D eigenvalue weighted by Gasteiger charge is -2.02. The average molecular weight is 250 g/mol. The van der Waals surface area contributed by atoms with Gasteiger partial charge in [-0.2, -0.15) is 5.10 Å². The summed E-state index contributed by atoms with van der Waals surface area (Å²) >= 11 is 0. The fraction of sp³-hybridized carbons (Fsp3) is 0.133. The molecule has 0 N–H and O–H groups in total. The van der Waals surface area contributed by atoms with E-state index in [4.69, 9.17) is 0 Å². The maximum Gasteiger partial charge on any atom is 0.151 e. The molecule has 0 bridgehead atoms. The van der Waals surface area contributed by atoms with Crippen LogP contribution < -0.4 is 0 Å². The highest BCUT2D eigenvalue weighted by atomic mass is 15.4. The minimum atomic E-state index is 0.786. The van der Waals surface area contributed by atoms with Gasteiger partial charge >= 0.3 is 0 Å². The highest BCUT2D eigenvalue weighted by molar-refractivity contribution is 5.99. The van der Waals surface area contributed by atoms with Crippen LogP contribution in [0.25, 0.3) is 10.8 Å². The third kappa shape index (κ3) is 2.12. The first kappa shape index (κ1) is 11.6. The van der Waals surface area contributed by atoms with Crippen molar-refractivity contribution in [3.05, 3.63) is 59.7 Å². The van der Waals surface area contributed by atoms with E-state index in [9.17, 15) is 0 Å². The Morgan fingerprint density at radius 1 is 0.947 bits per heavy atom. The SMILES string of the molecule is Cc1nnc(C)n1N=Cc1cccc2ccccc12. The number of hydrogen-bond donors (Lipinski definition) is 0. The van der Waals surface area contributed by atoms with Gasteiger partial charge in [-0.15, -0.1) is 10.2 Å². The van der Waals surface area contributed by atoms with Crippen molar-refractivity contribution < 1.29 is 0 Å². The quantitative estimate of drug-likeness (QED) is 0.656.